The first-order chi connectivity index (χ1) is 10.3. The first-order valence-corrected chi connectivity index (χ1v) is 7.64. The highest BCUT2D eigenvalue weighted by molar-refractivity contribution is 5.51. The van der Waals surface area contributed by atoms with E-state index in [0.717, 1.165) is 36.7 Å². The Bertz CT molecular complexity index is 578. The fourth-order valence-corrected chi connectivity index (χ4v) is 2.38. The van der Waals surface area contributed by atoms with Crippen LogP contribution in [0.1, 0.15) is 37.5 Å². The molecule has 0 bridgehead atoms. The third-order valence-corrected chi connectivity index (χ3v) is 3.64. The van der Waals surface area contributed by atoms with Crippen molar-refractivity contribution in [1.29, 1.82) is 0 Å². The third kappa shape index (κ3) is 3.35. The molecular weight excluding hydrogens is 264 g/mol. The van der Waals surface area contributed by atoms with Gasteiger partial charge in [0.15, 0.2) is 0 Å². The van der Waals surface area contributed by atoms with E-state index in [1.165, 1.54) is 12.8 Å². The van der Waals surface area contributed by atoms with Gasteiger partial charge in [0.2, 0.25) is 5.95 Å². The molecule has 1 saturated carbocycles. The van der Waals surface area contributed by atoms with Crippen molar-refractivity contribution in [2.75, 3.05) is 16.8 Å². The molecular formula is C16H22N4O. The molecule has 0 atom stereocenters. The molecule has 21 heavy (non-hydrogen) atoms. The lowest BCUT2D eigenvalue weighted by Gasteiger charge is -2.24. The van der Waals surface area contributed by atoms with Crippen LogP contribution in [0.25, 0.3) is 0 Å². The van der Waals surface area contributed by atoms with Crippen LogP contribution in [0, 0.1) is 6.92 Å². The zero-order valence-electron chi connectivity index (χ0n) is 12.7. The summed E-state index contributed by atoms with van der Waals surface area (Å²) in [4.78, 5) is 11.4. The summed E-state index contributed by atoms with van der Waals surface area (Å²) in [6, 6.07) is 4.52. The lowest BCUT2D eigenvalue weighted by atomic mass is 10.3. The van der Waals surface area contributed by atoms with Crippen molar-refractivity contribution in [2.24, 2.45) is 0 Å². The van der Waals surface area contributed by atoms with E-state index in [-0.39, 0.29) is 0 Å². The van der Waals surface area contributed by atoms with E-state index in [4.69, 9.17) is 9.40 Å². The fraction of sp³-hybridized carbons (Fsp3) is 0.500. The fourth-order valence-electron chi connectivity index (χ4n) is 2.38. The van der Waals surface area contributed by atoms with Crippen molar-refractivity contribution >= 4 is 11.8 Å². The van der Waals surface area contributed by atoms with Crippen LogP contribution in [0.3, 0.4) is 0 Å². The van der Waals surface area contributed by atoms with Crippen molar-refractivity contribution in [3.8, 4) is 0 Å². The molecule has 0 radical (unpaired) electrons. The predicted molar refractivity (Wildman–Crippen MR) is 83.5 cm³/mol. The smallest absolute Gasteiger partial charge is 0.224 e. The first-order valence-electron chi connectivity index (χ1n) is 7.64. The van der Waals surface area contributed by atoms with Gasteiger partial charge >= 0.3 is 0 Å². The summed E-state index contributed by atoms with van der Waals surface area (Å²) in [7, 11) is 0. The Kier molecular flexibility index (Phi) is 4.08. The van der Waals surface area contributed by atoms with Gasteiger partial charge in [0, 0.05) is 24.3 Å². The predicted octanol–water partition coefficient (Wildman–Crippen LogP) is 3.37. The third-order valence-electron chi connectivity index (χ3n) is 3.64. The van der Waals surface area contributed by atoms with Crippen molar-refractivity contribution in [3.63, 3.8) is 0 Å². The van der Waals surface area contributed by atoms with Gasteiger partial charge in [-0.2, -0.15) is 4.98 Å². The lowest BCUT2D eigenvalue weighted by Crippen LogP contribution is -2.27. The number of nitrogens with one attached hydrogen (secondary N) is 1. The molecule has 0 saturated heterocycles. The second-order valence-corrected chi connectivity index (χ2v) is 5.57. The maximum absolute atomic E-state index is 5.50. The van der Waals surface area contributed by atoms with E-state index in [0.29, 0.717) is 12.0 Å². The lowest BCUT2D eigenvalue weighted by molar-refractivity contribution is 0.500. The molecule has 1 aliphatic carbocycles. The number of furan rings is 1. The van der Waals surface area contributed by atoms with Gasteiger partial charge in [-0.05, 0) is 38.3 Å². The van der Waals surface area contributed by atoms with E-state index in [1.54, 1.807) is 6.26 Å². The minimum Gasteiger partial charge on any atom is -0.467 e. The van der Waals surface area contributed by atoms with E-state index in [2.05, 4.69) is 29.0 Å². The minimum absolute atomic E-state index is 0.572. The minimum atomic E-state index is 0.572. The number of aromatic nitrogens is 2. The van der Waals surface area contributed by atoms with Gasteiger partial charge in [-0.25, -0.2) is 4.98 Å². The van der Waals surface area contributed by atoms with Crippen LogP contribution in [0.5, 0.6) is 0 Å². The Labute approximate surface area is 125 Å². The Hall–Kier alpha value is -2.04. The van der Waals surface area contributed by atoms with E-state index in [1.807, 2.05) is 18.3 Å². The Balaban J connectivity index is 1.84. The summed E-state index contributed by atoms with van der Waals surface area (Å²) in [5, 5.41) is 3.26. The van der Waals surface area contributed by atoms with Gasteiger partial charge in [0.25, 0.3) is 0 Å². The number of anilines is 2. The Morgan fingerprint density at radius 1 is 1.43 bits per heavy atom. The molecule has 0 aliphatic heterocycles. The van der Waals surface area contributed by atoms with Gasteiger partial charge < -0.3 is 14.6 Å². The maximum Gasteiger partial charge on any atom is 0.224 e. The summed E-state index contributed by atoms with van der Waals surface area (Å²) >= 11 is 0. The SMILES string of the molecule is CCCNc1ncc(C)c(N(Cc2ccco2)C2CC2)n1. The number of hydrogen-bond donors (Lipinski definition) is 1. The summed E-state index contributed by atoms with van der Waals surface area (Å²) in [6.07, 6.45) is 7.13. The summed E-state index contributed by atoms with van der Waals surface area (Å²) in [5.74, 6) is 2.70. The standard InChI is InChI=1S/C16H22N4O/c1-3-8-17-16-18-10-12(2)15(19-16)20(13-6-7-13)11-14-5-4-9-21-14/h4-5,9-10,13H,3,6-8,11H2,1-2H3,(H,17,18,19). The maximum atomic E-state index is 5.50. The number of aryl methyl sites for hydroxylation is 1. The van der Waals surface area contributed by atoms with Crippen LogP contribution >= 0.6 is 0 Å². The monoisotopic (exact) mass is 286 g/mol. The molecule has 112 valence electrons. The molecule has 5 nitrogen and oxygen atoms in total. The van der Waals surface area contributed by atoms with Gasteiger partial charge in [-0.1, -0.05) is 6.92 Å². The molecule has 0 spiro atoms. The van der Waals surface area contributed by atoms with Crippen LogP contribution < -0.4 is 10.2 Å². The van der Waals surface area contributed by atoms with Gasteiger partial charge in [0.1, 0.15) is 11.6 Å². The molecule has 2 heterocycles. The van der Waals surface area contributed by atoms with Crippen LogP contribution in [0.15, 0.2) is 29.0 Å². The largest absolute Gasteiger partial charge is 0.467 e. The molecule has 0 unspecified atom stereocenters. The van der Waals surface area contributed by atoms with Gasteiger partial charge in [-0.3, -0.25) is 0 Å². The van der Waals surface area contributed by atoms with Crippen molar-refractivity contribution in [1.82, 2.24) is 9.97 Å². The van der Waals surface area contributed by atoms with Gasteiger partial charge in [0.05, 0.1) is 12.8 Å². The molecule has 2 aromatic rings. The summed E-state index contributed by atoms with van der Waals surface area (Å²) in [6.45, 7) is 5.86. The van der Waals surface area contributed by atoms with Gasteiger partial charge in [-0.15, -0.1) is 0 Å². The summed E-state index contributed by atoms with van der Waals surface area (Å²) in [5.41, 5.74) is 1.11. The average Bonchev–Trinajstić information content (AvgIpc) is 3.21. The van der Waals surface area contributed by atoms with E-state index >= 15 is 0 Å². The first kappa shape index (κ1) is 13.9. The van der Waals surface area contributed by atoms with Crippen molar-refractivity contribution in [3.05, 3.63) is 35.9 Å². The summed E-state index contributed by atoms with van der Waals surface area (Å²) < 4.78 is 5.50. The van der Waals surface area contributed by atoms with Crippen LogP contribution in [-0.2, 0) is 6.54 Å². The molecule has 0 aromatic carbocycles. The van der Waals surface area contributed by atoms with Crippen LogP contribution in [0.2, 0.25) is 0 Å². The van der Waals surface area contributed by atoms with Crippen molar-refractivity contribution in [2.45, 2.75) is 45.7 Å². The van der Waals surface area contributed by atoms with Crippen LogP contribution in [0.4, 0.5) is 11.8 Å². The zero-order chi connectivity index (χ0) is 14.7. The second kappa shape index (κ2) is 6.16. The average molecular weight is 286 g/mol. The molecule has 0 amide bonds. The number of rotatable bonds is 7. The molecule has 2 aromatic heterocycles. The molecule has 5 heteroatoms. The highest BCUT2D eigenvalue weighted by Crippen LogP contribution is 2.34. The topological polar surface area (TPSA) is 54.2 Å². The van der Waals surface area contributed by atoms with Crippen LogP contribution in [-0.4, -0.2) is 22.6 Å². The van der Waals surface area contributed by atoms with E-state index < -0.39 is 0 Å². The zero-order valence-corrected chi connectivity index (χ0v) is 12.7. The quantitative estimate of drug-likeness (QED) is 0.845. The molecule has 1 fully saturated rings. The second-order valence-electron chi connectivity index (χ2n) is 5.57. The normalized spacial score (nSPS) is 14.2. The number of nitrogens with zero attached hydrogens (tertiary/aromatic N) is 3. The molecule has 3 rings (SSSR count). The molecule has 1 aliphatic rings. The van der Waals surface area contributed by atoms with Crippen molar-refractivity contribution < 1.29 is 4.42 Å². The number of hydrogen-bond acceptors (Lipinski definition) is 5. The Morgan fingerprint density at radius 2 is 2.29 bits per heavy atom. The highest BCUT2D eigenvalue weighted by Gasteiger charge is 2.31. The molecule has 1 N–H and O–H groups in total. The highest BCUT2D eigenvalue weighted by atomic mass is 16.3. The van der Waals surface area contributed by atoms with E-state index in [9.17, 15) is 0 Å². The Morgan fingerprint density at radius 3 is 2.95 bits per heavy atom.